The molecular weight excluding hydrogens is 336 g/mol. The maximum atomic E-state index is 12.2. The molecule has 7 nitrogen and oxygen atoms in total. The smallest absolute Gasteiger partial charge is 0.235 e. The molecule has 0 saturated heterocycles. The number of pyridine rings is 1. The number of fused-ring (bicyclic) bond motifs is 1. The summed E-state index contributed by atoms with van der Waals surface area (Å²) >= 11 is 1.32. The molecule has 0 bridgehead atoms. The van der Waals surface area contributed by atoms with Crippen molar-refractivity contribution in [1.29, 1.82) is 0 Å². The Morgan fingerprint density at radius 2 is 2.04 bits per heavy atom. The minimum atomic E-state index is -0.115. The van der Waals surface area contributed by atoms with Crippen LogP contribution in [0.2, 0.25) is 0 Å². The highest BCUT2D eigenvalue weighted by atomic mass is 32.2. The largest absolute Gasteiger partial charge is 0.311 e. The van der Waals surface area contributed by atoms with Crippen LogP contribution in [0.1, 0.15) is 0 Å². The third-order valence-corrected chi connectivity index (χ3v) is 4.47. The van der Waals surface area contributed by atoms with Crippen molar-refractivity contribution in [3.8, 4) is 11.3 Å². The summed E-state index contributed by atoms with van der Waals surface area (Å²) in [7, 11) is 0. The van der Waals surface area contributed by atoms with E-state index < -0.39 is 0 Å². The summed E-state index contributed by atoms with van der Waals surface area (Å²) in [6.45, 7) is 0. The first-order valence-corrected chi connectivity index (χ1v) is 8.60. The van der Waals surface area contributed by atoms with E-state index in [2.05, 4.69) is 25.7 Å². The van der Waals surface area contributed by atoms with Gasteiger partial charge in [0.15, 0.2) is 0 Å². The minimum Gasteiger partial charge on any atom is -0.311 e. The Hall–Kier alpha value is -3.13. The van der Waals surface area contributed by atoms with Gasteiger partial charge in [0.2, 0.25) is 5.91 Å². The van der Waals surface area contributed by atoms with Crippen molar-refractivity contribution in [2.45, 2.75) is 5.03 Å². The molecule has 4 aromatic rings. The van der Waals surface area contributed by atoms with Gasteiger partial charge in [-0.25, -0.2) is 4.98 Å². The van der Waals surface area contributed by atoms with Crippen LogP contribution in [0.25, 0.3) is 16.9 Å². The predicted molar refractivity (Wildman–Crippen MR) is 96.4 cm³/mol. The van der Waals surface area contributed by atoms with E-state index in [0.29, 0.717) is 10.8 Å². The van der Waals surface area contributed by atoms with Crippen molar-refractivity contribution in [3.63, 3.8) is 0 Å². The zero-order valence-corrected chi connectivity index (χ0v) is 13.9. The van der Waals surface area contributed by atoms with Gasteiger partial charge in [0.1, 0.15) is 16.5 Å². The minimum absolute atomic E-state index is 0.115. The Bertz CT molecular complexity index is 997. The van der Waals surface area contributed by atoms with Crippen molar-refractivity contribution in [3.05, 3.63) is 60.9 Å². The summed E-state index contributed by atoms with van der Waals surface area (Å²) in [6.07, 6.45) is 3.51. The molecule has 4 rings (SSSR count). The fourth-order valence-electron chi connectivity index (χ4n) is 2.44. The van der Waals surface area contributed by atoms with Crippen LogP contribution in [-0.4, -0.2) is 36.5 Å². The van der Waals surface area contributed by atoms with Crippen molar-refractivity contribution < 1.29 is 4.79 Å². The number of carbonyl (C=O) groups is 1. The SMILES string of the molecule is O=C(CSc1cn[nH]n1)Nc1cccc2nc(-c3ccccc3)cn12. The lowest BCUT2D eigenvalue weighted by Gasteiger charge is -2.06. The number of hydrogen-bond donors (Lipinski definition) is 2. The van der Waals surface area contributed by atoms with Crippen LogP contribution in [0.4, 0.5) is 5.82 Å². The highest BCUT2D eigenvalue weighted by Gasteiger charge is 2.10. The van der Waals surface area contributed by atoms with E-state index in [1.165, 1.54) is 11.8 Å². The quantitative estimate of drug-likeness (QED) is 0.540. The van der Waals surface area contributed by atoms with Gasteiger partial charge in [-0.05, 0) is 12.1 Å². The third kappa shape index (κ3) is 3.38. The summed E-state index contributed by atoms with van der Waals surface area (Å²) in [5, 5.41) is 13.7. The molecule has 3 heterocycles. The number of hydrogen-bond acceptors (Lipinski definition) is 5. The second-order valence-electron chi connectivity index (χ2n) is 5.28. The Morgan fingerprint density at radius 1 is 1.16 bits per heavy atom. The van der Waals surface area contributed by atoms with E-state index in [1.807, 2.05) is 59.1 Å². The van der Waals surface area contributed by atoms with E-state index in [-0.39, 0.29) is 11.7 Å². The van der Waals surface area contributed by atoms with E-state index in [4.69, 9.17) is 0 Å². The van der Waals surface area contributed by atoms with E-state index in [0.717, 1.165) is 16.9 Å². The molecule has 0 aliphatic carbocycles. The molecular formula is C17H14N6OS. The molecule has 0 fully saturated rings. The monoisotopic (exact) mass is 350 g/mol. The maximum Gasteiger partial charge on any atom is 0.235 e. The van der Waals surface area contributed by atoms with Crippen LogP contribution >= 0.6 is 11.8 Å². The number of H-pyrrole nitrogens is 1. The van der Waals surface area contributed by atoms with E-state index in [1.54, 1.807) is 6.20 Å². The maximum absolute atomic E-state index is 12.2. The van der Waals surface area contributed by atoms with Crippen molar-refractivity contribution >= 4 is 29.1 Å². The van der Waals surface area contributed by atoms with Crippen molar-refractivity contribution in [2.24, 2.45) is 0 Å². The number of rotatable bonds is 5. The molecule has 1 amide bonds. The van der Waals surface area contributed by atoms with Gasteiger partial charge in [-0.1, -0.05) is 48.2 Å². The zero-order valence-electron chi connectivity index (χ0n) is 13.1. The van der Waals surface area contributed by atoms with Gasteiger partial charge in [0, 0.05) is 11.8 Å². The normalized spacial score (nSPS) is 10.9. The molecule has 0 spiro atoms. The van der Waals surface area contributed by atoms with Gasteiger partial charge < -0.3 is 5.32 Å². The lowest BCUT2D eigenvalue weighted by Crippen LogP contribution is -2.16. The number of aromatic amines is 1. The molecule has 0 aliphatic heterocycles. The molecule has 1 aromatic carbocycles. The van der Waals surface area contributed by atoms with Gasteiger partial charge in [-0.3, -0.25) is 9.20 Å². The lowest BCUT2D eigenvalue weighted by atomic mass is 10.2. The Balaban J connectivity index is 1.55. The lowest BCUT2D eigenvalue weighted by molar-refractivity contribution is -0.113. The first kappa shape index (κ1) is 15.4. The highest BCUT2D eigenvalue weighted by molar-refractivity contribution is 7.99. The van der Waals surface area contributed by atoms with Crippen LogP contribution in [0.5, 0.6) is 0 Å². The van der Waals surface area contributed by atoms with Gasteiger partial charge >= 0.3 is 0 Å². The van der Waals surface area contributed by atoms with E-state index in [9.17, 15) is 4.79 Å². The van der Waals surface area contributed by atoms with Crippen LogP contribution in [0.15, 0.2) is 66.0 Å². The van der Waals surface area contributed by atoms with Gasteiger partial charge in [-0.15, -0.1) is 5.10 Å². The third-order valence-electron chi connectivity index (χ3n) is 3.57. The topological polar surface area (TPSA) is 88.0 Å². The summed E-state index contributed by atoms with van der Waals surface area (Å²) in [5.41, 5.74) is 2.67. The number of aromatic nitrogens is 5. The molecule has 0 saturated carbocycles. The van der Waals surface area contributed by atoms with Crippen molar-refractivity contribution in [2.75, 3.05) is 11.1 Å². The van der Waals surface area contributed by atoms with Crippen LogP contribution in [0, 0.1) is 0 Å². The summed E-state index contributed by atoms with van der Waals surface area (Å²) in [6, 6.07) is 15.6. The van der Waals surface area contributed by atoms with Crippen molar-refractivity contribution in [1.82, 2.24) is 24.8 Å². The molecule has 3 aromatic heterocycles. The Kier molecular flexibility index (Phi) is 4.17. The first-order valence-electron chi connectivity index (χ1n) is 7.61. The number of thioether (sulfide) groups is 1. The average Bonchev–Trinajstić information content (AvgIpc) is 3.31. The fourth-order valence-corrected chi connectivity index (χ4v) is 3.02. The van der Waals surface area contributed by atoms with Crippen LogP contribution in [-0.2, 0) is 4.79 Å². The zero-order chi connectivity index (χ0) is 17.1. The molecule has 124 valence electrons. The second-order valence-corrected chi connectivity index (χ2v) is 6.27. The highest BCUT2D eigenvalue weighted by Crippen LogP contribution is 2.22. The molecule has 0 atom stereocenters. The summed E-state index contributed by atoms with van der Waals surface area (Å²) < 4.78 is 1.88. The Morgan fingerprint density at radius 3 is 2.84 bits per heavy atom. The van der Waals surface area contributed by atoms with Gasteiger partial charge in [-0.2, -0.15) is 10.3 Å². The summed E-state index contributed by atoms with van der Waals surface area (Å²) in [4.78, 5) is 16.8. The molecule has 0 unspecified atom stereocenters. The Labute approximate surface area is 147 Å². The standard InChI is InChI=1S/C17H14N6OS/c24-16(11-25-17-9-18-22-21-17)20-15-8-4-7-14-19-13(10-23(14)15)12-5-2-1-3-6-12/h1-10H,11H2,(H,20,24)(H,18,21,22). The number of carbonyl (C=O) groups excluding carboxylic acids is 1. The van der Waals surface area contributed by atoms with Crippen LogP contribution in [0.3, 0.4) is 0 Å². The average molecular weight is 350 g/mol. The molecule has 0 aliphatic rings. The fraction of sp³-hybridized carbons (Fsp3) is 0.0588. The van der Waals surface area contributed by atoms with Gasteiger partial charge in [0.25, 0.3) is 0 Å². The number of amides is 1. The number of benzene rings is 1. The molecule has 8 heteroatoms. The van der Waals surface area contributed by atoms with E-state index >= 15 is 0 Å². The van der Waals surface area contributed by atoms with Crippen LogP contribution < -0.4 is 5.32 Å². The molecule has 25 heavy (non-hydrogen) atoms. The number of nitrogens with one attached hydrogen (secondary N) is 2. The number of imidazole rings is 1. The number of anilines is 1. The predicted octanol–water partition coefficient (Wildman–Crippen LogP) is 2.85. The first-order chi connectivity index (χ1) is 12.3. The molecule has 2 N–H and O–H groups in total. The number of nitrogens with zero attached hydrogens (tertiary/aromatic N) is 4. The summed E-state index contributed by atoms with van der Waals surface area (Å²) in [5.74, 6) is 0.816. The second kappa shape index (κ2) is 6.78. The van der Waals surface area contributed by atoms with Gasteiger partial charge in [0.05, 0.1) is 17.6 Å². The molecule has 0 radical (unpaired) electrons.